The Morgan fingerprint density at radius 3 is 2.36 bits per heavy atom. The topological polar surface area (TPSA) is 55.1 Å². The molecule has 0 atom stereocenters. The first-order valence-electron chi connectivity index (χ1n) is 5.72. The van der Waals surface area contributed by atoms with Gasteiger partial charge in [-0.2, -0.15) is 0 Å². The van der Waals surface area contributed by atoms with Crippen LogP contribution in [0.15, 0.2) is 0 Å². The maximum atomic E-state index is 11.6. The zero-order valence-corrected chi connectivity index (χ0v) is 8.51. The number of nitrogens with two attached hydrogens (primary N) is 1. The largest absolute Gasteiger partial charge is 0.354 e. The van der Waals surface area contributed by atoms with E-state index in [2.05, 4.69) is 5.32 Å². The van der Waals surface area contributed by atoms with Crippen molar-refractivity contribution < 1.29 is 4.79 Å². The molecule has 3 aliphatic carbocycles. The molecule has 0 aliphatic heterocycles. The molecule has 0 spiro atoms. The highest BCUT2D eigenvalue weighted by Gasteiger charge is 2.54. The molecular weight excluding hydrogens is 176 g/mol. The Hall–Kier alpha value is -0.570. The SMILES string of the molecule is NC1(C(=O)NCC2(C3CC3)CC2)CC1. The van der Waals surface area contributed by atoms with Gasteiger partial charge in [-0.3, -0.25) is 4.79 Å². The van der Waals surface area contributed by atoms with Crippen molar-refractivity contribution in [3.05, 3.63) is 0 Å². The van der Waals surface area contributed by atoms with Gasteiger partial charge in [0, 0.05) is 6.54 Å². The van der Waals surface area contributed by atoms with Crippen molar-refractivity contribution in [2.45, 2.75) is 44.1 Å². The van der Waals surface area contributed by atoms with E-state index in [1.54, 1.807) is 0 Å². The van der Waals surface area contributed by atoms with Crippen molar-refractivity contribution in [1.82, 2.24) is 5.32 Å². The average molecular weight is 194 g/mol. The van der Waals surface area contributed by atoms with Crippen molar-refractivity contribution in [3.63, 3.8) is 0 Å². The molecule has 0 unspecified atom stereocenters. The van der Waals surface area contributed by atoms with E-state index in [1.807, 2.05) is 0 Å². The lowest BCUT2D eigenvalue weighted by atomic mass is 10.0. The number of carbonyl (C=O) groups excluding carboxylic acids is 1. The lowest BCUT2D eigenvalue weighted by Crippen LogP contribution is -2.44. The maximum Gasteiger partial charge on any atom is 0.240 e. The number of amides is 1. The molecule has 0 saturated heterocycles. The summed E-state index contributed by atoms with van der Waals surface area (Å²) in [6, 6.07) is 0. The summed E-state index contributed by atoms with van der Waals surface area (Å²) in [7, 11) is 0. The van der Waals surface area contributed by atoms with Gasteiger partial charge in [0.05, 0.1) is 5.54 Å². The minimum atomic E-state index is -0.486. The molecule has 0 bridgehead atoms. The van der Waals surface area contributed by atoms with Gasteiger partial charge in [-0.1, -0.05) is 0 Å². The lowest BCUT2D eigenvalue weighted by Gasteiger charge is -2.17. The first-order valence-corrected chi connectivity index (χ1v) is 5.72. The Morgan fingerprint density at radius 1 is 1.29 bits per heavy atom. The van der Waals surface area contributed by atoms with Gasteiger partial charge in [-0.05, 0) is 49.9 Å². The normalized spacial score (nSPS) is 30.9. The van der Waals surface area contributed by atoms with Gasteiger partial charge in [0.2, 0.25) is 5.91 Å². The van der Waals surface area contributed by atoms with Crippen molar-refractivity contribution in [3.8, 4) is 0 Å². The van der Waals surface area contributed by atoms with Gasteiger partial charge in [-0.15, -0.1) is 0 Å². The van der Waals surface area contributed by atoms with E-state index in [9.17, 15) is 4.79 Å². The fourth-order valence-electron chi connectivity index (χ4n) is 2.38. The number of hydrogen-bond donors (Lipinski definition) is 2. The zero-order chi connectivity index (χ0) is 9.81. The van der Waals surface area contributed by atoms with E-state index >= 15 is 0 Å². The van der Waals surface area contributed by atoms with Crippen LogP contribution in [0.3, 0.4) is 0 Å². The Kier molecular flexibility index (Phi) is 1.56. The highest BCUT2D eigenvalue weighted by atomic mass is 16.2. The van der Waals surface area contributed by atoms with Gasteiger partial charge >= 0.3 is 0 Å². The molecule has 3 heteroatoms. The number of hydrogen-bond acceptors (Lipinski definition) is 2. The first kappa shape index (κ1) is 8.72. The minimum Gasteiger partial charge on any atom is -0.354 e. The van der Waals surface area contributed by atoms with Crippen molar-refractivity contribution in [1.29, 1.82) is 0 Å². The molecule has 1 amide bonds. The minimum absolute atomic E-state index is 0.0874. The second-order valence-corrected chi connectivity index (χ2v) is 5.48. The first-order chi connectivity index (χ1) is 6.65. The molecule has 0 heterocycles. The molecule has 3 fully saturated rings. The van der Waals surface area contributed by atoms with Crippen LogP contribution in [0.25, 0.3) is 0 Å². The van der Waals surface area contributed by atoms with E-state index < -0.39 is 5.54 Å². The number of carbonyl (C=O) groups is 1. The third kappa shape index (κ3) is 1.34. The molecule has 0 aromatic heterocycles. The summed E-state index contributed by atoms with van der Waals surface area (Å²) in [5.41, 5.74) is 5.83. The molecule has 0 aromatic carbocycles. The van der Waals surface area contributed by atoms with E-state index in [1.165, 1.54) is 25.7 Å². The summed E-state index contributed by atoms with van der Waals surface area (Å²) in [5, 5.41) is 3.05. The summed E-state index contributed by atoms with van der Waals surface area (Å²) in [6.45, 7) is 0.884. The molecule has 3 rings (SSSR count). The lowest BCUT2D eigenvalue weighted by molar-refractivity contribution is -0.123. The summed E-state index contributed by atoms with van der Waals surface area (Å²) in [4.78, 5) is 11.6. The summed E-state index contributed by atoms with van der Waals surface area (Å²) in [6.07, 6.45) is 7.13. The van der Waals surface area contributed by atoms with Crippen molar-refractivity contribution >= 4 is 5.91 Å². The van der Waals surface area contributed by atoms with Crippen LogP contribution in [0.4, 0.5) is 0 Å². The van der Waals surface area contributed by atoms with Crippen LogP contribution >= 0.6 is 0 Å². The molecular formula is C11H18N2O. The molecule has 0 aromatic rings. The Bertz CT molecular complexity index is 275. The molecule has 3 saturated carbocycles. The summed E-state index contributed by atoms with van der Waals surface area (Å²) >= 11 is 0. The Morgan fingerprint density at radius 2 is 1.93 bits per heavy atom. The predicted octanol–water partition coefficient (Wildman–Crippen LogP) is 0.784. The van der Waals surface area contributed by atoms with Gasteiger partial charge in [0.25, 0.3) is 0 Å². The van der Waals surface area contributed by atoms with Crippen molar-refractivity contribution in [2.75, 3.05) is 6.54 Å². The van der Waals surface area contributed by atoms with Gasteiger partial charge in [0.1, 0.15) is 0 Å². The smallest absolute Gasteiger partial charge is 0.240 e. The van der Waals surface area contributed by atoms with Crippen LogP contribution in [-0.2, 0) is 4.79 Å². The molecule has 0 radical (unpaired) electrons. The van der Waals surface area contributed by atoms with E-state index in [-0.39, 0.29) is 5.91 Å². The second-order valence-electron chi connectivity index (χ2n) is 5.48. The quantitative estimate of drug-likeness (QED) is 0.695. The molecule has 3 N–H and O–H groups in total. The summed E-state index contributed by atoms with van der Waals surface area (Å²) < 4.78 is 0. The second kappa shape index (κ2) is 2.51. The molecule has 14 heavy (non-hydrogen) atoms. The molecule has 78 valence electrons. The van der Waals surface area contributed by atoms with Gasteiger partial charge in [0.15, 0.2) is 0 Å². The summed E-state index contributed by atoms with van der Waals surface area (Å²) in [5.74, 6) is 1.00. The van der Waals surface area contributed by atoms with Crippen molar-refractivity contribution in [2.24, 2.45) is 17.1 Å². The van der Waals surface area contributed by atoms with Crippen LogP contribution in [0.1, 0.15) is 38.5 Å². The van der Waals surface area contributed by atoms with E-state index in [4.69, 9.17) is 5.73 Å². The number of nitrogens with one attached hydrogen (secondary N) is 1. The average Bonchev–Trinajstić information content (AvgIpc) is 2.92. The van der Waals surface area contributed by atoms with Crippen LogP contribution in [-0.4, -0.2) is 18.0 Å². The highest BCUT2D eigenvalue weighted by molar-refractivity contribution is 5.89. The third-order valence-corrected chi connectivity index (χ3v) is 4.18. The standard InChI is InChI=1S/C11H18N2O/c12-11(5-6-11)9(14)13-7-10(3-4-10)8-1-2-8/h8H,1-7,12H2,(H,13,14). The van der Waals surface area contributed by atoms with Gasteiger partial charge in [-0.25, -0.2) is 0 Å². The predicted molar refractivity (Wildman–Crippen MR) is 53.6 cm³/mol. The van der Waals surface area contributed by atoms with Crippen LogP contribution < -0.4 is 11.1 Å². The Balaban J connectivity index is 1.51. The zero-order valence-electron chi connectivity index (χ0n) is 8.51. The van der Waals surface area contributed by atoms with E-state index in [0.29, 0.717) is 5.41 Å². The van der Waals surface area contributed by atoms with Crippen LogP contribution in [0, 0.1) is 11.3 Å². The number of rotatable bonds is 4. The molecule has 3 nitrogen and oxygen atoms in total. The monoisotopic (exact) mass is 194 g/mol. The Labute approximate surface area is 84.4 Å². The van der Waals surface area contributed by atoms with E-state index in [0.717, 1.165) is 25.3 Å². The van der Waals surface area contributed by atoms with Crippen LogP contribution in [0.2, 0.25) is 0 Å². The fraction of sp³-hybridized carbons (Fsp3) is 0.909. The van der Waals surface area contributed by atoms with Crippen LogP contribution in [0.5, 0.6) is 0 Å². The third-order valence-electron chi connectivity index (χ3n) is 4.18. The molecule has 3 aliphatic rings. The highest BCUT2D eigenvalue weighted by Crippen LogP contribution is 2.60. The van der Waals surface area contributed by atoms with Gasteiger partial charge < -0.3 is 11.1 Å². The fourth-order valence-corrected chi connectivity index (χ4v) is 2.38. The maximum absolute atomic E-state index is 11.6.